The Hall–Kier alpha value is -3.65. The third-order valence-corrected chi connectivity index (χ3v) is 5.86. The molecule has 31 heavy (non-hydrogen) atoms. The van der Waals surface area contributed by atoms with Crippen LogP contribution in [0.5, 0.6) is 0 Å². The first-order chi connectivity index (χ1) is 15.0. The Morgan fingerprint density at radius 2 is 2.03 bits per heavy atom. The molecule has 0 fully saturated rings. The van der Waals surface area contributed by atoms with Gasteiger partial charge in [0.05, 0.1) is 39.8 Å². The SMILES string of the molecule is Cn1ncc2c1C(NC(=O)c1ccccc1Cl)CCN2C(=O)c1ccc2nccn2c1. The van der Waals surface area contributed by atoms with E-state index in [9.17, 15) is 9.59 Å². The van der Waals surface area contributed by atoms with E-state index in [1.54, 1.807) is 71.7 Å². The van der Waals surface area contributed by atoms with E-state index in [-0.39, 0.29) is 17.9 Å². The number of rotatable bonds is 3. The van der Waals surface area contributed by atoms with Gasteiger partial charge in [-0.25, -0.2) is 4.98 Å². The number of hydrogen-bond donors (Lipinski definition) is 1. The first kappa shape index (κ1) is 19.3. The Morgan fingerprint density at radius 3 is 2.87 bits per heavy atom. The molecule has 0 aliphatic carbocycles. The van der Waals surface area contributed by atoms with Crippen LogP contribution in [-0.2, 0) is 7.05 Å². The van der Waals surface area contributed by atoms with E-state index in [1.165, 1.54) is 0 Å². The maximum atomic E-state index is 13.3. The van der Waals surface area contributed by atoms with Crippen molar-refractivity contribution in [3.63, 3.8) is 0 Å². The zero-order valence-electron chi connectivity index (χ0n) is 16.7. The Labute approximate surface area is 183 Å². The molecule has 3 aromatic heterocycles. The molecule has 0 saturated heterocycles. The number of anilines is 1. The van der Waals surface area contributed by atoms with E-state index in [4.69, 9.17) is 11.6 Å². The fourth-order valence-electron chi connectivity index (χ4n) is 4.00. The predicted molar refractivity (Wildman–Crippen MR) is 116 cm³/mol. The molecular formula is C22H19ClN6O2. The van der Waals surface area contributed by atoms with Crippen molar-refractivity contribution in [1.29, 1.82) is 0 Å². The quantitative estimate of drug-likeness (QED) is 0.536. The number of nitrogens with zero attached hydrogens (tertiary/aromatic N) is 5. The molecule has 1 aromatic carbocycles. The molecule has 0 spiro atoms. The summed E-state index contributed by atoms with van der Waals surface area (Å²) in [5, 5.41) is 7.78. The second kappa shape index (κ2) is 7.55. The van der Waals surface area contributed by atoms with E-state index in [0.29, 0.717) is 34.8 Å². The lowest BCUT2D eigenvalue weighted by Gasteiger charge is -2.32. The summed E-state index contributed by atoms with van der Waals surface area (Å²) in [5.74, 6) is -0.381. The monoisotopic (exact) mass is 434 g/mol. The molecule has 9 heteroatoms. The van der Waals surface area contributed by atoms with Crippen LogP contribution < -0.4 is 10.2 Å². The summed E-state index contributed by atoms with van der Waals surface area (Å²) < 4.78 is 3.51. The minimum atomic E-state index is -0.286. The number of fused-ring (bicyclic) bond motifs is 2. The number of nitrogens with one attached hydrogen (secondary N) is 1. The summed E-state index contributed by atoms with van der Waals surface area (Å²) >= 11 is 6.18. The summed E-state index contributed by atoms with van der Waals surface area (Å²) in [6.45, 7) is 0.451. The highest BCUT2D eigenvalue weighted by Gasteiger charge is 2.33. The molecule has 156 valence electrons. The van der Waals surface area contributed by atoms with Gasteiger partial charge in [0.1, 0.15) is 5.65 Å². The number of aryl methyl sites for hydroxylation is 1. The molecule has 0 saturated carbocycles. The maximum Gasteiger partial charge on any atom is 0.259 e. The molecule has 1 atom stereocenters. The molecular weight excluding hydrogens is 416 g/mol. The first-order valence-corrected chi connectivity index (χ1v) is 10.2. The van der Waals surface area contributed by atoms with Crippen LogP contribution in [0, 0.1) is 0 Å². The average Bonchev–Trinajstić information content (AvgIpc) is 3.40. The normalized spacial score (nSPS) is 15.7. The Balaban J connectivity index is 1.43. The van der Waals surface area contributed by atoms with E-state index < -0.39 is 0 Å². The lowest BCUT2D eigenvalue weighted by Crippen LogP contribution is -2.41. The van der Waals surface area contributed by atoms with Gasteiger partial charge in [0.2, 0.25) is 0 Å². The number of pyridine rings is 1. The van der Waals surface area contributed by atoms with Crippen molar-refractivity contribution >= 4 is 34.7 Å². The van der Waals surface area contributed by atoms with Crippen LogP contribution in [0.15, 0.2) is 61.2 Å². The van der Waals surface area contributed by atoms with Crippen molar-refractivity contribution in [1.82, 2.24) is 24.5 Å². The van der Waals surface area contributed by atoms with Crippen LogP contribution in [0.25, 0.3) is 5.65 Å². The molecule has 0 radical (unpaired) electrons. The highest BCUT2D eigenvalue weighted by molar-refractivity contribution is 6.33. The van der Waals surface area contributed by atoms with Crippen LogP contribution in [0.1, 0.15) is 38.9 Å². The summed E-state index contributed by atoms with van der Waals surface area (Å²) in [7, 11) is 1.80. The van der Waals surface area contributed by atoms with Crippen LogP contribution >= 0.6 is 11.6 Å². The molecule has 1 N–H and O–H groups in total. The van der Waals surface area contributed by atoms with Crippen molar-refractivity contribution in [2.75, 3.05) is 11.4 Å². The Morgan fingerprint density at radius 1 is 1.19 bits per heavy atom. The zero-order valence-corrected chi connectivity index (χ0v) is 17.5. The van der Waals surface area contributed by atoms with Gasteiger partial charge >= 0.3 is 0 Å². The van der Waals surface area contributed by atoms with Crippen molar-refractivity contribution in [3.05, 3.63) is 83.0 Å². The minimum absolute atomic E-state index is 0.124. The van der Waals surface area contributed by atoms with Crippen LogP contribution in [-0.4, -0.2) is 37.5 Å². The average molecular weight is 435 g/mol. The lowest BCUT2D eigenvalue weighted by molar-refractivity contribution is 0.0931. The van der Waals surface area contributed by atoms with E-state index in [1.807, 2.05) is 10.5 Å². The van der Waals surface area contributed by atoms with Gasteiger partial charge in [0, 0.05) is 32.2 Å². The van der Waals surface area contributed by atoms with Crippen LogP contribution in [0.3, 0.4) is 0 Å². The third-order valence-electron chi connectivity index (χ3n) is 5.53. The van der Waals surface area contributed by atoms with Crippen LogP contribution in [0.2, 0.25) is 5.02 Å². The van der Waals surface area contributed by atoms with E-state index >= 15 is 0 Å². The molecule has 5 rings (SSSR count). The van der Waals surface area contributed by atoms with Gasteiger partial charge < -0.3 is 14.6 Å². The minimum Gasteiger partial charge on any atom is -0.343 e. The zero-order chi connectivity index (χ0) is 21.5. The number of benzene rings is 1. The largest absolute Gasteiger partial charge is 0.343 e. The summed E-state index contributed by atoms with van der Waals surface area (Å²) in [4.78, 5) is 32.0. The third kappa shape index (κ3) is 3.34. The number of imidazole rings is 1. The second-order valence-corrected chi connectivity index (χ2v) is 7.81. The van der Waals surface area contributed by atoms with Crippen molar-refractivity contribution in [3.8, 4) is 0 Å². The Kier molecular flexibility index (Phi) is 4.71. The number of aromatic nitrogens is 4. The van der Waals surface area contributed by atoms with Crippen molar-refractivity contribution < 1.29 is 9.59 Å². The van der Waals surface area contributed by atoms with Gasteiger partial charge in [0.25, 0.3) is 11.8 Å². The molecule has 1 unspecified atom stereocenters. The number of hydrogen-bond acceptors (Lipinski definition) is 4. The first-order valence-electron chi connectivity index (χ1n) is 9.85. The smallest absolute Gasteiger partial charge is 0.259 e. The number of halogens is 1. The molecule has 1 aliphatic rings. The van der Waals surface area contributed by atoms with Crippen LogP contribution in [0.4, 0.5) is 5.69 Å². The molecule has 0 bridgehead atoms. The summed E-state index contributed by atoms with van der Waals surface area (Å²) in [6, 6.07) is 10.2. The standard InChI is InChI=1S/C22H19ClN6O2/c1-27-20-17(26-21(30)15-4-2-3-5-16(15)23)8-10-29(18(20)12-25-27)22(31)14-6-7-19-24-9-11-28(19)13-14/h2-7,9,11-13,17H,8,10H2,1H3,(H,26,30). The highest BCUT2D eigenvalue weighted by atomic mass is 35.5. The topological polar surface area (TPSA) is 84.5 Å². The van der Waals surface area contributed by atoms with E-state index in [2.05, 4.69) is 15.4 Å². The lowest BCUT2D eigenvalue weighted by atomic mass is 10.0. The second-order valence-electron chi connectivity index (χ2n) is 7.40. The number of amides is 2. The molecule has 4 heterocycles. The number of carbonyl (C=O) groups is 2. The Bertz CT molecular complexity index is 1310. The molecule has 2 amide bonds. The van der Waals surface area contributed by atoms with Gasteiger partial charge in [-0.15, -0.1) is 0 Å². The predicted octanol–water partition coefficient (Wildman–Crippen LogP) is 3.24. The van der Waals surface area contributed by atoms with Gasteiger partial charge in [0.15, 0.2) is 0 Å². The molecule has 1 aliphatic heterocycles. The van der Waals surface area contributed by atoms with E-state index in [0.717, 1.165) is 11.3 Å². The van der Waals surface area contributed by atoms with Gasteiger partial charge in [-0.1, -0.05) is 23.7 Å². The van der Waals surface area contributed by atoms with Crippen molar-refractivity contribution in [2.45, 2.75) is 12.5 Å². The summed E-state index contributed by atoms with van der Waals surface area (Å²) in [6.07, 6.45) is 7.48. The fraction of sp³-hybridized carbons (Fsp3) is 0.182. The fourth-order valence-corrected chi connectivity index (χ4v) is 4.22. The molecule has 8 nitrogen and oxygen atoms in total. The molecule has 4 aromatic rings. The summed E-state index contributed by atoms with van der Waals surface area (Å²) in [5.41, 5.74) is 3.22. The number of carbonyl (C=O) groups excluding carboxylic acids is 2. The van der Waals surface area contributed by atoms with Gasteiger partial charge in [-0.3, -0.25) is 14.3 Å². The maximum absolute atomic E-state index is 13.3. The van der Waals surface area contributed by atoms with Gasteiger partial charge in [-0.2, -0.15) is 5.10 Å². The van der Waals surface area contributed by atoms with Crippen molar-refractivity contribution in [2.24, 2.45) is 7.05 Å². The van der Waals surface area contributed by atoms with Gasteiger partial charge in [-0.05, 0) is 30.7 Å². The highest BCUT2D eigenvalue weighted by Crippen LogP contribution is 2.34.